The molecule has 1 aromatic rings. The van der Waals surface area contributed by atoms with Crippen molar-refractivity contribution in [2.24, 2.45) is 11.3 Å². The van der Waals surface area contributed by atoms with E-state index in [1.54, 1.807) is 12.1 Å². The van der Waals surface area contributed by atoms with Crippen LogP contribution in [0.2, 0.25) is 5.02 Å². The summed E-state index contributed by atoms with van der Waals surface area (Å²) in [6.45, 7) is 3.55. The van der Waals surface area contributed by atoms with Gasteiger partial charge in [-0.15, -0.1) is 0 Å². The Balaban J connectivity index is 2.09. The molecule has 1 aromatic carbocycles. The third kappa shape index (κ3) is 4.96. The van der Waals surface area contributed by atoms with Crippen LogP contribution in [0.25, 0.3) is 0 Å². The quantitative estimate of drug-likeness (QED) is 0.703. The molecule has 0 radical (unpaired) electrons. The van der Waals surface area contributed by atoms with Gasteiger partial charge in [0.05, 0.1) is 16.7 Å². The summed E-state index contributed by atoms with van der Waals surface area (Å²) in [7, 11) is 0. The van der Waals surface area contributed by atoms with Crippen molar-refractivity contribution in [2.75, 3.05) is 11.9 Å². The zero-order chi connectivity index (χ0) is 17.9. The monoisotopic (exact) mass is 352 g/mol. The lowest BCUT2D eigenvalue weighted by Gasteiger charge is -2.19. The van der Waals surface area contributed by atoms with Gasteiger partial charge < -0.3 is 15.7 Å². The summed E-state index contributed by atoms with van der Waals surface area (Å²) in [5.41, 5.74) is -0.603. The maximum atomic E-state index is 12.3. The van der Waals surface area contributed by atoms with Crippen molar-refractivity contribution >= 4 is 35.1 Å². The van der Waals surface area contributed by atoms with E-state index < -0.39 is 17.3 Å². The second kappa shape index (κ2) is 7.21. The molecule has 0 unspecified atom stereocenters. The minimum absolute atomic E-state index is 0.200. The number of hydrogen-bond donors (Lipinski definition) is 3. The molecule has 0 bridgehead atoms. The fourth-order valence-electron chi connectivity index (χ4n) is 2.14. The van der Waals surface area contributed by atoms with Crippen LogP contribution in [-0.4, -0.2) is 29.4 Å². The van der Waals surface area contributed by atoms with E-state index in [2.05, 4.69) is 10.6 Å². The second-order valence-corrected chi connectivity index (χ2v) is 7.19. The highest BCUT2D eigenvalue weighted by atomic mass is 35.5. The lowest BCUT2D eigenvalue weighted by Crippen LogP contribution is -2.31. The number of carboxylic acids is 1. The van der Waals surface area contributed by atoms with Gasteiger partial charge in [-0.25, -0.2) is 0 Å². The highest BCUT2D eigenvalue weighted by Gasteiger charge is 2.30. The molecule has 3 N–H and O–H groups in total. The van der Waals surface area contributed by atoms with E-state index in [1.807, 2.05) is 0 Å². The van der Waals surface area contributed by atoms with Gasteiger partial charge in [-0.05, 0) is 50.8 Å². The number of rotatable bonds is 7. The Morgan fingerprint density at radius 1 is 1.29 bits per heavy atom. The van der Waals surface area contributed by atoms with Crippen LogP contribution in [0.1, 0.15) is 43.5 Å². The third-order valence-electron chi connectivity index (χ3n) is 3.93. The van der Waals surface area contributed by atoms with E-state index in [0.717, 1.165) is 12.8 Å². The first-order chi connectivity index (χ1) is 11.2. The molecule has 0 saturated heterocycles. The number of hydrogen-bond acceptors (Lipinski definition) is 3. The highest BCUT2D eigenvalue weighted by molar-refractivity contribution is 6.31. The lowest BCUT2D eigenvalue weighted by molar-refractivity contribution is -0.148. The molecule has 6 nitrogen and oxygen atoms in total. The normalized spacial score (nSPS) is 14.1. The molecule has 7 heteroatoms. The van der Waals surface area contributed by atoms with E-state index in [1.165, 1.54) is 19.9 Å². The first-order valence-electron chi connectivity index (χ1n) is 7.80. The van der Waals surface area contributed by atoms with Crippen LogP contribution < -0.4 is 10.6 Å². The molecule has 0 atom stereocenters. The molecule has 1 saturated carbocycles. The van der Waals surface area contributed by atoms with Crippen LogP contribution in [0.15, 0.2) is 18.2 Å². The van der Waals surface area contributed by atoms with Crippen LogP contribution in [0.5, 0.6) is 0 Å². The number of anilines is 1. The fraction of sp³-hybridized carbons (Fsp3) is 0.471. The average Bonchev–Trinajstić information content (AvgIpc) is 3.30. The van der Waals surface area contributed by atoms with Crippen molar-refractivity contribution in [3.05, 3.63) is 28.8 Å². The summed E-state index contributed by atoms with van der Waals surface area (Å²) in [5, 5.41) is 14.9. The number of nitrogens with one attached hydrogen (secondary N) is 2. The molecule has 130 valence electrons. The molecular weight excluding hydrogens is 332 g/mol. The van der Waals surface area contributed by atoms with Crippen LogP contribution in [0.4, 0.5) is 5.69 Å². The Labute approximate surface area is 145 Å². The Kier molecular flexibility index (Phi) is 5.49. The van der Waals surface area contributed by atoms with Gasteiger partial charge in [-0.2, -0.15) is 0 Å². The van der Waals surface area contributed by atoms with E-state index in [0.29, 0.717) is 23.2 Å². The van der Waals surface area contributed by atoms with Gasteiger partial charge >= 0.3 is 5.97 Å². The number of halogens is 1. The maximum absolute atomic E-state index is 12.3. The fourth-order valence-corrected chi connectivity index (χ4v) is 2.31. The Hall–Kier alpha value is -2.08. The van der Waals surface area contributed by atoms with E-state index >= 15 is 0 Å². The molecule has 24 heavy (non-hydrogen) atoms. The van der Waals surface area contributed by atoms with Crippen LogP contribution in [0, 0.1) is 11.3 Å². The summed E-state index contributed by atoms with van der Waals surface area (Å²) < 4.78 is 0. The van der Waals surface area contributed by atoms with Crippen molar-refractivity contribution in [3.8, 4) is 0 Å². The molecule has 0 aromatic heterocycles. The Morgan fingerprint density at radius 2 is 1.96 bits per heavy atom. The van der Waals surface area contributed by atoms with E-state index in [-0.39, 0.29) is 17.9 Å². The van der Waals surface area contributed by atoms with E-state index in [4.69, 9.17) is 16.7 Å². The molecule has 2 rings (SSSR count). The van der Waals surface area contributed by atoms with Gasteiger partial charge in [0.1, 0.15) is 0 Å². The zero-order valence-corrected chi connectivity index (χ0v) is 14.4. The summed E-state index contributed by atoms with van der Waals surface area (Å²) in [5.74, 6) is -1.31. The van der Waals surface area contributed by atoms with Crippen molar-refractivity contribution in [1.82, 2.24) is 5.32 Å². The van der Waals surface area contributed by atoms with Gasteiger partial charge in [0, 0.05) is 18.0 Å². The Bertz CT molecular complexity index is 669. The Morgan fingerprint density at radius 3 is 2.54 bits per heavy atom. The largest absolute Gasteiger partial charge is 0.481 e. The van der Waals surface area contributed by atoms with E-state index in [9.17, 15) is 14.4 Å². The molecule has 0 spiro atoms. The summed E-state index contributed by atoms with van der Waals surface area (Å²) >= 11 is 5.95. The van der Waals surface area contributed by atoms with Gasteiger partial charge in [0.25, 0.3) is 5.91 Å². The highest BCUT2D eigenvalue weighted by Crippen LogP contribution is 2.28. The second-order valence-electron chi connectivity index (χ2n) is 6.76. The number of benzene rings is 1. The summed E-state index contributed by atoms with van der Waals surface area (Å²) in [6.07, 6.45) is 2.03. The average molecular weight is 353 g/mol. The first kappa shape index (κ1) is 18.3. The van der Waals surface area contributed by atoms with Crippen LogP contribution in [-0.2, 0) is 9.59 Å². The number of aliphatic carboxylic acids is 1. The van der Waals surface area contributed by atoms with Gasteiger partial charge in [0.2, 0.25) is 5.91 Å². The standard InChI is InChI=1S/C17H21ClN2O4/c1-17(2,16(23)24)8-14(21)20-13-6-5-11(18)7-12(13)15(22)19-9-10-3-4-10/h5-7,10H,3-4,8-9H2,1-2H3,(H,19,22)(H,20,21)(H,23,24). The van der Waals surface area contributed by atoms with Gasteiger partial charge in [0.15, 0.2) is 0 Å². The summed E-state index contributed by atoms with van der Waals surface area (Å²) in [4.78, 5) is 35.6. The molecule has 1 aliphatic carbocycles. The third-order valence-corrected chi connectivity index (χ3v) is 4.17. The van der Waals surface area contributed by atoms with Crippen LogP contribution in [0.3, 0.4) is 0 Å². The van der Waals surface area contributed by atoms with Crippen molar-refractivity contribution in [3.63, 3.8) is 0 Å². The lowest BCUT2D eigenvalue weighted by atomic mass is 9.89. The molecule has 1 aliphatic rings. The number of amides is 2. The SMILES string of the molecule is CC(C)(CC(=O)Nc1ccc(Cl)cc1C(=O)NCC1CC1)C(=O)O. The molecular formula is C17H21ClN2O4. The van der Waals surface area contributed by atoms with Crippen molar-refractivity contribution in [2.45, 2.75) is 33.1 Å². The zero-order valence-electron chi connectivity index (χ0n) is 13.7. The van der Waals surface area contributed by atoms with Crippen LogP contribution >= 0.6 is 11.6 Å². The summed E-state index contributed by atoms with van der Waals surface area (Å²) in [6, 6.07) is 4.60. The molecule has 2 amide bonds. The molecule has 0 aliphatic heterocycles. The minimum atomic E-state index is -1.19. The predicted octanol–water partition coefficient (Wildman–Crippen LogP) is 2.92. The first-order valence-corrected chi connectivity index (χ1v) is 8.18. The number of carbonyl (C=O) groups excluding carboxylic acids is 2. The number of carboxylic acid groups (broad SMARTS) is 1. The van der Waals surface area contributed by atoms with Gasteiger partial charge in [-0.1, -0.05) is 11.6 Å². The van der Waals surface area contributed by atoms with Crippen molar-refractivity contribution < 1.29 is 19.5 Å². The smallest absolute Gasteiger partial charge is 0.309 e. The number of carbonyl (C=O) groups is 3. The van der Waals surface area contributed by atoms with Crippen molar-refractivity contribution in [1.29, 1.82) is 0 Å². The topological polar surface area (TPSA) is 95.5 Å². The molecule has 1 fully saturated rings. The minimum Gasteiger partial charge on any atom is -0.481 e. The maximum Gasteiger partial charge on any atom is 0.309 e. The molecule has 0 heterocycles. The predicted molar refractivity (Wildman–Crippen MR) is 91.2 cm³/mol. The van der Waals surface area contributed by atoms with Gasteiger partial charge in [-0.3, -0.25) is 14.4 Å².